The Morgan fingerprint density at radius 2 is 2.11 bits per heavy atom. The summed E-state index contributed by atoms with van der Waals surface area (Å²) in [7, 11) is 0. The molecule has 0 aliphatic heterocycles. The summed E-state index contributed by atoms with van der Waals surface area (Å²) in [5.41, 5.74) is 0.938. The van der Waals surface area contributed by atoms with Gasteiger partial charge in [-0.3, -0.25) is 0 Å². The molecule has 2 aromatic rings. The zero-order valence-corrected chi connectivity index (χ0v) is 11.9. The van der Waals surface area contributed by atoms with E-state index in [1.165, 1.54) is 4.88 Å². The van der Waals surface area contributed by atoms with Crippen LogP contribution in [-0.2, 0) is 6.54 Å². The number of hydrogen-bond donors (Lipinski definition) is 2. The van der Waals surface area contributed by atoms with Crippen molar-refractivity contribution in [1.29, 1.82) is 0 Å². The topological polar surface area (TPSA) is 49.8 Å². The van der Waals surface area contributed by atoms with Crippen LogP contribution in [0.25, 0.3) is 0 Å². The molecule has 0 spiro atoms. The molecular weight excluding hydrogens is 268 g/mol. The number of aromatic nitrogens is 2. The maximum Gasteiger partial charge on any atom is 0.224 e. The van der Waals surface area contributed by atoms with Crippen molar-refractivity contribution in [2.75, 3.05) is 17.2 Å². The minimum atomic E-state index is 0.657. The maximum atomic E-state index is 5.89. The van der Waals surface area contributed by atoms with E-state index in [0.29, 0.717) is 5.95 Å². The smallest absolute Gasteiger partial charge is 0.224 e. The Morgan fingerprint density at radius 3 is 2.78 bits per heavy atom. The maximum absolute atomic E-state index is 5.89. The van der Waals surface area contributed by atoms with Crippen molar-refractivity contribution < 1.29 is 0 Å². The number of nitrogens with one attached hydrogen (secondary N) is 2. The number of halogens is 1. The van der Waals surface area contributed by atoms with Crippen molar-refractivity contribution in [3.63, 3.8) is 0 Å². The number of aryl methyl sites for hydroxylation is 1. The zero-order valence-electron chi connectivity index (χ0n) is 10.3. The predicted molar refractivity (Wildman–Crippen MR) is 77.6 cm³/mol. The van der Waals surface area contributed by atoms with Gasteiger partial charge in [0, 0.05) is 23.2 Å². The van der Waals surface area contributed by atoms with E-state index in [4.69, 9.17) is 11.6 Å². The standard InChI is InChI=1S/C12H15ClN4S/c1-3-14-12-16-8(2)6-11(17-12)15-7-9-4-5-10(13)18-9/h4-6H,3,7H2,1-2H3,(H2,14,15,16,17). The molecule has 2 aromatic heterocycles. The molecule has 0 atom stereocenters. The Kier molecular flexibility index (Phi) is 4.38. The Balaban J connectivity index is 2.04. The third-order valence-corrected chi connectivity index (χ3v) is 3.49. The molecule has 4 nitrogen and oxygen atoms in total. The highest BCUT2D eigenvalue weighted by molar-refractivity contribution is 7.16. The largest absolute Gasteiger partial charge is 0.365 e. The first-order valence-corrected chi connectivity index (χ1v) is 6.94. The second kappa shape index (κ2) is 6.02. The van der Waals surface area contributed by atoms with Gasteiger partial charge in [0.05, 0.1) is 10.9 Å². The quantitative estimate of drug-likeness (QED) is 0.881. The molecular formula is C12H15ClN4S. The van der Waals surface area contributed by atoms with Gasteiger partial charge in [-0.25, -0.2) is 4.98 Å². The fourth-order valence-corrected chi connectivity index (χ4v) is 2.55. The molecule has 2 heterocycles. The van der Waals surface area contributed by atoms with Crippen LogP contribution in [0.3, 0.4) is 0 Å². The molecule has 0 unspecified atom stereocenters. The summed E-state index contributed by atoms with van der Waals surface area (Å²) >= 11 is 7.46. The van der Waals surface area contributed by atoms with Crippen molar-refractivity contribution in [3.8, 4) is 0 Å². The van der Waals surface area contributed by atoms with Gasteiger partial charge in [0.15, 0.2) is 0 Å². The van der Waals surface area contributed by atoms with Crippen molar-refractivity contribution >= 4 is 34.7 Å². The second-order valence-corrected chi connectivity index (χ2v) is 5.61. The Labute approximate surface area is 115 Å². The number of rotatable bonds is 5. The zero-order chi connectivity index (χ0) is 13.0. The summed E-state index contributed by atoms with van der Waals surface area (Å²) in [6.45, 7) is 5.50. The summed E-state index contributed by atoms with van der Waals surface area (Å²) in [6, 6.07) is 5.84. The summed E-state index contributed by atoms with van der Waals surface area (Å²) < 4.78 is 0.805. The van der Waals surface area contributed by atoms with E-state index in [2.05, 4.69) is 20.6 Å². The van der Waals surface area contributed by atoms with Crippen LogP contribution >= 0.6 is 22.9 Å². The summed E-state index contributed by atoms with van der Waals surface area (Å²) in [5.74, 6) is 1.48. The predicted octanol–water partition coefficient (Wildman–Crippen LogP) is 3.54. The summed E-state index contributed by atoms with van der Waals surface area (Å²) in [4.78, 5) is 9.87. The third kappa shape index (κ3) is 3.58. The van der Waals surface area contributed by atoms with Crippen LogP contribution in [-0.4, -0.2) is 16.5 Å². The van der Waals surface area contributed by atoms with Crippen LogP contribution in [0.2, 0.25) is 4.34 Å². The molecule has 2 rings (SSSR count). The lowest BCUT2D eigenvalue weighted by Crippen LogP contribution is -2.07. The first-order valence-electron chi connectivity index (χ1n) is 5.75. The van der Waals surface area contributed by atoms with Gasteiger partial charge in [-0.2, -0.15) is 4.98 Å². The second-order valence-electron chi connectivity index (χ2n) is 3.81. The lowest BCUT2D eigenvalue weighted by atomic mass is 10.4. The van der Waals surface area contributed by atoms with E-state index >= 15 is 0 Å². The summed E-state index contributed by atoms with van der Waals surface area (Å²) in [5, 5.41) is 6.38. The fraction of sp³-hybridized carbons (Fsp3) is 0.333. The molecule has 0 aromatic carbocycles. The molecule has 18 heavy (non-hydrogen) atoms. The van der Waals surface area contributed by atoms with Crippen LogP contribution in [0, 0.1) is 6.92 Å². The Hall–Kier alpha value is -1.33. The first-order chi connectivity index (χ1) is 8.67. The highest BCUT2D eigenvalue weighted by Crippen LogP contribution is 2.22. The molecule has 6 heteroatoms. The highest BCUT2D eigenvalue weighted by atomic mass is 35.5. The van der Waals surface area contributed by atoms with E-state index < -0.39 is 0 Å². The highest BCUT2D eigenvalue weighted by Gasteiger charge is 2.02. The van der Waals surface area contributed by atoms with Gasteiger partial charge in [0.2, 0.25) is 5.95 Å². The van der Waals surface area contributed by atoms with Crippen molar-refractivity contribution in [2.45, 2.75) is 20.4 Å². The molecule has 0 fully saturated rings. The molecule has 0 aliphatic rings. The van der Waals surface area contributed by atoms with Gasteiger partial charge >= 0.3 is 0 Å². The van der Waals surface area contributed by atoms with Gasteiger partial charge in [-0.15, -0.1) is 11.3 Å². The molecule has 0 bridgehead atoms. The van der Waals surface area contributed by atoms with Crippen LogP contribution in [0.1, 0.15) is 17.5 Å². The summed E-state index contributed by atoms with van der Waals surface area (Å²) in [6.07, 6.45) is 0. The fourth-order valence-electron chi connectivity index (χ4n) is 1.52. The Morgan fingerprint density at radius 1 is 1.28 bits per heavy atom. The average molecular weight is 283 g/mol. The minimum absolute atomic E-state index is 0.657. The monoisotopic (exact) mass is 282 g/mol. The van der Waals surface area contributed by atoms with Crippen molar-refractivity contribution in [3.05, 3.63) is 33.1 Å². The molecule has 2 N–H and O–H groups in total. The molecule has 96 valence electrons. The third-order valence-electron chi connectivity index (χ3n) is 2.26. The molecule has 0 amide bonds. The molecule has 0 aliphatic carbocycles. The normalized spacial score (nSPS) is 10.4. The first kappa shape index (κ1) is 13.1. The van der Waals surface area contributed by atoms with E-state index in [1.807, 2.05) is 32.0 Å². The van der Waals surface area contributed by atoms with E-state index in [0.717, 1.165) is 28.9 Å². The van der Waals surface area contributed by atoms with Gasteiger partial charge in [0.25, 0.3) is 0 Å². The van der Waals surface area contributed by atoms with Gasteiger partial charge < -0.3 is 10.6 Å². The van der Waals surface area contributed by atoms with Gasteiger partial charge in [-0.05, 0) is 26.0 Å². The van der Waals surface area contributed by atoms with Crippen LogP contribution < -0.4 is 10.6 Å². The van der Waals surface area contributed by atoms with Gasteiger partial charge in [-0.1, -0.05) is 11.6 Å². The van der Waals surface area contributed by atoms with E-state index in [-0.39, 0.29) is 0 Å². The van der Waals surface area contributed by atoms with Crippen LogP contribution in [0.4, 0.5) is 11.8 Å². The van der Waals surface area contributed by atoms with Crippen LogP contribution in [0.5, 0.6) is 0 Å². The van der Waals surface area contributed by atoms with Crippen molar-refractivity contribution in [1.82, 2.24) is 9.97 Å². The number of anilines is 2. The minimum Gasteiger partial charge on any atom is -0.365 e. The van der Waals surface area contributed by atoms with Gasteiger partial charge in [0.1, 0.15) is 5.82 Å². The van der Waals surface area contributed by atoms with Crippen molar-refractivity contribution in [2.24, 2.45) is 0 Å². The molecule has 0 saturated carbocycles. The Bertz CT molecular complexity index is 527. The molecule has 0 radical (unpaired) electrons. The SMILES string of the molecule is CCNc1nc(C)cc(NCc2ccc(Cl)s2)n1. The lowest BCUT2D eigenvalue weighted by molar-refractivity contribution is 1.03. The number of hydrogen-bond acceptors (Lipinski definition) is 5. The number of thiophene rings is 1. The number of nitrogens with zero attached hydrogens (tertiary/aromatic N) is 2. The average Bonchev–Trinajstić information content (AvgIpc) is 2.72. The van der Waals surface area contributed by atoms with E-state index in [9.17, 15) is 0 Å². The van der Waals surface area contributed by atoms with Crippen LogP contribution in [0.15, 0.2) is 18.2 Å². The molecule has 0 saturated heterocycles. The lowest BCUT2D eigenvalue weighted by Gasteiger charge is -2.08. The van der Waals surface area contributed by atoms with E-state index in [1.54, 1.807) is 11.3 Å².